The van der Waals surface area contributed by atoms with Crippen molar-refractivity contribution in [2.24, 2.45) is 0 Å². The number of benzene rings is 2. The largest absolute Gasteiger partial charge is 0.482 e. The molecule has 0 aliphatic carbocycles. The summed E-state index contributed by atoms with van der Waals surface area (Å²) in [6.45, 7) is 1.78. The fraction of sp³-hybridized carbons (Fsp3) is 0.150. The first kappa shape index (κ1) is 18.7. The topological polar surface area (TPSA) is 83.9 Å². The van der Waals surface area contributed by atoms with Gasteiger partial charge in [0.05, 0.1) is 11.4 Å². The lowest BCUT2D eigenvalue weighted by Crippen LogP contribution is -2.27. The molecule has 1 fully saturated rings. The van der Waals surface area contributed by atoms with E-state index in [0.29, 0.717) is 10.7 Å². The number of hydrogen-bond acceptors (Lipinski definition) is 5. The summed E-state index contributed by atoms with van der Waals surface area (Å²) in [4.78, 5) is 36.9. The van der Waals surface area contributed by atoms with Crippen LogP contribution in [0.5, 0.6) is 5.75 Å². The zero-order chi connectivity index (χ0) is 19.4. The highest BCUT2D eigenvalue weighted by atomic mass is 32.2. The molecule has 7 heteroatoms. The Morgan fingerprint density at radius 2 is 1.93 bits per heavy atom. The van der Waals surface area contributed by atoms with Crippen molar-refractivity contribution in [1.29, 1.82) is 0 Å². The van der Waals surface area contributed by atoms with Gasteiger partial charge in [-0.3, -0.25) is 14.5 Å². The Kier molecular flexibility index (Phi) is 5.61. The van der Waals surface area contributed by atoms with E-state index in [2.05, 4.69) is 0 Å². The van der Waals surface area contributed by atoms with Crippen molar-refractivity contribution in [2.75, 3.05) is 6.61 Å². The minimum atomic E-state index is -1.05. The Balaban J connectivity index is 1.71. The van der Waals surface area contributed by atoms with Gasteiger partial charge in [-0.1, -0.05) is 42.0 Å². The third-order valence-electron chi connectivity index (χ3n) is 3.84. The number of imide groups is 1. The number of ether oxygens (including phenoxy) is 1. The first-order valence-electron chi connectivity index (χ1n) is 8.18. The SMILES string of the molecule is Cc1cccc(CN2C(=O)S/C(=C/c3ccc(OCC(=O)O)cc3)C2=O)c1. The Bertz CT molecular complexity index is 920. The molecule has 1 saturated heterocycles. The molecule has 0 bridgehead atoms. The van der Waals surface area contributed by atoms with Gasteiger partial charge in [0, 0.05) is 0 Å². The molecule has 0 radical (unpaired) electrons. The van der Waals surface area contributed by atoms with E-state index >= 15 is 0 Å². The lowest BCUT2D eigenvalue weighted by atomic mass is 10.1. The zero-order valence-corrected chi connectivity index (χ0v) is 15.4. The summed E-state index contributed by atoms with van der Waals surface area (Å²) in [5, 5.41) is 8.31. The molecular weight excluding hydrogens is 366 g/mol. The number of hydrogen-bond donors (Lipinski definition) is 1. The average molecular weight is 383 g/mol. The Labute approximate surface area is 160 Å². The monoisotopic (exact) mass is 383 g/mol. The van der Waals surface area contributed by atoms with Gasteiger partial charge in [0.15, 0.2) is 6.61 Å². The van der Waals surface area contributed by atoms with Gasteiger partial charge in [0.2, 0.25) is 0 Å². The van der Waals surface area contributed by atoms with E-state index in [1.807, 2.05) is 31.2 Å². The maximum atomic E-state index is 12.6. The molecular formula is C20H17NO5S. The second-order valence-corrected chi connectivity index (χ2v) is 7.00. The summed E-state index contributed by atoms with van der Waals surface area (Å²) in [6, 6.07) is 14.3. The summed E-state index contributed by atoms with van der Waals surface area (Å²) in [5.74, 6) is -0.957. The van der Waals surface area contributed by atoms with Gasteiger partial charge < -0.3 is 9.84 Å². The van der Waals surface area contributed by atoms with Crippen LogP contribution in [0, 0.1) is 6.92 Å². The molecule has 2 aromatic carbocycles. The van der Waals surface area contributed by atoms with Crippen LogP contribution in [-0.4, -0.2) is 33.7 Å². The van der Waals surface area contributed by atoms with Crippen LogP contribution in [0.2, 0.25) is 0 Å². The van der Waals surface area contributed by atoms with Crippen LogP contribution in [0.25, 0.3) is 6.08 Å². The van der Waals surface area contributed by atoms with Crippen LogP contribution in [-0.2, 0) is 16.1 Å². The van der Waals surface area contributed by atoms with Crippen molar-refractivity contribution in [1.82, 2.24) is 4.90 Å². The van der Waals surface area contributed by atoms with Crippen molar-refractivity contribution in [3.05, 3.63) is 70.1 Å². The van der Waals surface area contributed by atoms with Crippen molar-refractivity contribution in [2.45, 2.75) is 13.5 Å². The molecule has 0 aromatic heterocycles. The van der Waals surface area contributed by atoms with E-state index in [1.165, 1.54) is 4.90 Å². The van der Waals surface area contributed by atoms with Gasteiger partial charge in [-0.05, 0) is 48.0 Å². The van der Waals surface area contributed by atoms with Crippen molar-refractivity contribution in [3.63, 3.8) is 0 Å². The predicted molar refractivity (Wildman–Crippen MR) is 102 cm³/mol. The van der Waals surface area contributed by atoms with Gasteiger partial charge in [-0.25, -0.2) is 4.79 Å². The minimum absolute atomic E-state index is 0.242. The smallest absolute Gasteiger partial charge is 0.341 e. The number of carboxylic acid groups (broad SMARTS) is 1. The maximum absolute atomic E-state index is 12.6. The lowest BCUT2D eigenvalue weighted by Gasteiger charge is -2.12. The van der Waals surface area contributed by atoms with Gasteiger partial charge in [-0.15, -0.1) is 0 Å². The van der Waals surface area contributed by atoms with Gasteiger partial charge >= 0.3 is 5.97 Å². The second kappa shape index (κ2) is 8.09. The second-order valence-electron chi connectivity index (χ2n) is 6.01. The number of nitrogens with zero attached hydrogens (tertiary/aromatic N) is 1. The highest BCUT2D eigenvalue weighted by Gasteiger charge is 2.34. The number of rotatable bonds is 6. The molecule has 1 aliphatic heterocycles. The fourth-order valence-electron chi connectivity index (χ4n) is 2.59. The summed E-state index contributed by atoms with van der Waals surface area (Å²) < 4.78 is 5.07. The molecule has 138 valence electrons. The van der Waals surface area contributed by atoms with Gasteiger partial charge in [0.25, 0.3) is 11.1 Å². The lowest BCUT2D eigenvalue weighted by molar-refractivity contribution is -0.139. The zero-order valence-electron chi connectivity index (χ0n) is 14.5. The summed E-state index contributed by atoms with van der Waals surface area (Å²) in [7, 11) is 0. The molecule has 1 N–H and O–H groups in total. The van der Waals surface area contributed by atoms with Crippen LogP contribution in [0.15, 0.2) is 53.4 Å². The van der Waals surface area contributed by atoms with Crippen LogP contribution in [0.3, 0.4) is 0 Å². The van der Waals surface area contributed by atoms with Gasteiger partial charge in [0.1, 0.15) is 5.75 Å². The van der Waals surface area contributed by atoms with Crippen LogP contribution >= 0.6 is 11.8 Å². The molecule has 27 heavy (non-hydrogen) atoms. The van der Waals surface area contributed by atoms with E-state index in [0.717, 1.165) is 28.5 Å². The van der Waals surface area contributed by atoms with Crippen LogP contribution in [0.1, 0.15) is 16.7 Å². The standard InChI is InChI=1S/C20H17NO5S/c1-13-3-2-4-15(9-13)11-21-19(24)17(27-20(21)25)10-14-5-7-16(8-6-14)26-12-18(22)23/h2-10H,11-12H2,1H3,(H,22,23)/b17-10+. The number of carbonyl (C=O) groups is 3. The fourth-order valence-corrected chi connectivity index (χ4v) is 3.42. The molecule has 3 rings (SSSR count). The number of carbonyl (C=O) groups excluding carboxylic acids is 2. The Morgan fingerprint density at radius 3 is 2.59 bits per heavy atom. The third-order valence-corrected chi connectivity index (χ3v) is 4.74. The first-order valence-corrected chi connectivity index (χ1v) is 8.99. The molecule has 0 spiro atoms. The van der Waals surface area contributed by atoms with E-state index < -0.39 is 12.6 Å². The van der Waals surface area contributed by atoms with Crippen molar-refractivity contribution >= 4 is 35.0 Å². The third kappa shape index (κ3) is 4.77. The molecule has 6 nitrogen and oxygen atoms in total. The van der Waals surface area contributed by atoms with E-state index in [-0.39, 0.29) is 17.7 Å². The average Bonchev–Trinajstić information content (AvgIpc) is 2.89. The quantitative estimate of drug-likeness (QED) is 0.766. The molecule has 0 atom stereocenters. The molecule has 0 unspecified atom stereocenters. The Morgan fingerprint density at radius 1 is 1.19 bits per heavy atom. The maximum Gasteiger partial charge on any atom is 0.341 e. The molecule has 1 aliphatic rings. The molecule has 0 saturated carbocycles. The first-order chi connectivity index (χ1) is 12.9. The summed E-state index contributed by atoms with van der Waals surface area (Å²) in [6.07, 6.45) is 1.64. The summed E-state index contributed by atoms with van der Waals surface area (Å²) in [5.41, 5.74) is 2.69. The normalized spacial score (nSPS) is 15.4. The van der Waals surface area contributed by atoms with Crippen molar-refractivity contribution in [3.8, 4) is 5.75 Å². The molecule has 1 heterocycles. The van der Waals surface area contributed by atoms with E-state index in [9.17, 15) is 14.4 Å². The van der Waals surface area contributed by atoms with E-state index in [1.54, 1.807) is 30.3 Å². The minimum Gasteiger partial charge on any atom is -0.482 e. The number of carboxylic acids is 1. The number of aryl methyl sites for hydroxylation is 1. The highest BCUT2D eigenvalue weighted by Crippen LogP contribution is 2.33. The molecule has 2 amide bonds. The molecule has 2 aromatic rings. The van der Waals surface area contributed by atoms with E-state index in [4.69, 9.17) is 9.84 Å². The van der Waals surface area contributed by atoms with Crippen LogP contribution in [0.4, 0.5) is 4.79 Å². The van der Waals surface area contributed by atoms with Gasteiger partial charge in [-0.2, -0.15) is 0 Å². The Hall–Kier alpha value is -3.06. The predicted octanol–water partition coefficient (Wildman–Crippen LogP) is 3.69. The highest BCUT2D eigenvalue weighted by molar-refractivity contribution is 8.18. The summed E-state index contributed by atoms with van der Waals surface area (Å²) >= 11 is 0.908. The van der Waals surface area contributed by atoms with Crippen molar-refractivity contribution < 1.29 is 24.2 Å². The van der Waals surface area contributed by atoms with Crippen LogP contribution < -0.4 is 4.74 Å². The number of amides is 2. The number of aliphatic carboxylic acids is 1. The number of thioether (sulfide) groups is 1.